The van der Waals surface area contributed by atoms with Crippen molar-refractivity contribution in [1.82, 2.24) is 0 Å². The number of benzene rings is 1. The molecule has 0 N–H and O–H groups in total. The van der Waals surface area contributed by atoms with Crippen molar-refractivity contribution in [3.63, 3.8) is 0 Å². The average molecular weight is 331 g/mol. The van der Waals surface area contributed by atoms with Gasteiger partial charge in [-0.25, -0.2) is 4.39 Å². The maximum Gasteiger partial charge on any atom is 0.0925 e. The van der Waals surface area contributed by atoms with Gasteiger partial charge in [-0.15, -0.1) is 19.7 Å². The Morgan fingerprint density at radius 3 is 1.54 bits per heavy atom. The van der Waals surface area contributed by atoms with E-state index >= 15 is 0 Å². The van der Waals surface area contributed by atoms with E-state index in [9.17, 15) is 4.39 Å². The molecule has 0 nitrogen and oxygen atoms in total. The zero-order valence-electron chi connectivity index (χ0n) is 15.6. The summed E-state index contributed by atoms with van der Waals surface area (Å²) in [6, 6.07) is 10.0. The van der Waals surface area contributed by atoms with E-state index in [0.29, 0.717) is 6.42 Å². The highest BCUT2D eigenvalue weighted by Crippen LogP contribution is 1.99. The lowest BCUT2D eigenvalue weighted by Gasteiger charge is -1.89. The van der Waals surface area contributed by atoms with E-state index in [1.807, 2.05) is 55.5 Å². The molecule has 24 heavy (non-hydrogen) atoms. The van der Waals surface area contributed by atoms with Gasteiger partial charge in [0.1, 0.15) is 0 Å². The van der Waals surface area contributed by atoms with Gasteiger partial charge < -0.3 is 0 Å². The lowest BCUT2D eigenvalue weighted by atomic mass is 10.2. The minimum Gasteiger partial charge on any atom is -0.212 e. The molecule has 1 heteroatoms. The fraction of sp³-hybridized carbons (Fsp3) is 0.304. The summed E-state index contributed by atoms with van der Waals surface area (Å²) in [6.07, 6.45) is 12.8. The predicted octanol–water partition coefficient (Wildman–Crippen LogP) is 8.32. The molecule has 1 aromatic rings. The quantitative estimate of drug-likeness (QED) is 0.348. The third-order valence-corrected chi connectivity index (χ3v) is 2.49. The summed E-state index contributed by atoms with van der Waals surface area (Å²) in [5.74, 6) is -0.245. The minimum atomic E-state index is -0.245. The first-order chi connectivity index (χ1) is 11.5. The zero-order valence-corrected chi connectivity index (χ0v) is 15.6. The van der Waals surface area contributed by atoms with Gasteiger partial charge in [0.15, 0.2) is 0 Å². The fourth-order valence-corrected chi connectivity index (χ4v) is 1.17. The first-order valence-corrected chi connectivity index (χ1v) is 8.33. The van der Waals surface area contributed by atoms with Crippen molar-refractivity contribution in [2.24, 2.45) is 0 Å². The Balaban J connectivity index is -0.000000261. The molecule has 0 aliphatic carbocycles. The van der Waals surface area contributed by atoms with Gasteiger partial charge in [0, 0.05) is 0 Å². The monoisotopic (exact) mass is 330 g/mol. The highest BCUT2D eigenvalue weighted by molar-refractivity contribution is 5.45. The molecule has 0 aliphatic heterocycles. The smallest absolute Gasteiger partial charge is 0.0925 e. The number of unbranched alkanes of at least 4 members (excludes halogenated alkanes) is 3. The Labute approximate surface area is 149 Å². The topological polar surface area (TPSA) is 0 Å². The van der Waals surface area contributed by atoms with Crippen LogP contribution in [0.5, 0.6) is 0 Å². The summed E-state index contributed by atoms with van der Waals surface area (Å²) in [5.41, 5.74) is 1.17. The molecule has 0 amide bonds. The predicted molar refractivity (Wildman–Crippen MR) is 112 cm³/mol. The largest absolute Gasteiger partial charge is 0.212 e. The molecule has 0 bridgehead atoms. The molecule has 0 spiro atoms. The van der Waals surface area contributed by atoms with E-state index in [-0.39, 0.29) is 5.83 Å². The Kier molecular flexibility index (Phi) is 28.7. The number of halogens is 1. The Bertz CT molecular complexity index is 405. The van der Waals surface area contributed by atoms with E-state index < -0.39 is 0 Å². The van der Waals surface area contributed by atoms with Crippen molar-refractivity contribution in [3.05, 3.63) is 92.8 Å². The second kappa shape index (κ2) is 25.8. The van der Waals surface area contributed by atoms with Crippen molar-refractivity contribution < 1.29 is 4.39 Å². The molecule has 0 radical (unpaired) electrons. The molecule has 0 saturated carbocycles. The van der Waals surface area contributed by atoms with Crippen LogP contribution in [-0.4, -0.2) is 0 Å². The van der Waals surface area contributed by atoms with Crippen LogP contribution in [-0.2, 0) is 0 Å². The highest BCUT2D eigenvalue weighted by Gasteiger charge is 1.79. The molecule has 0 heterocycles. The van der Waals surface area contributed by atoms with Crippen LogP contribution in [0.2, 0.25) is 0 Å². The zero-order chi connectivity index (χ0) is 19.1. The number of allylic oxidation sites excluding steroid dienone is 4. The lowest BCUT2D eigenvalue weighted by molar-refractivity contribution is 0.609. The van der Waals surface area contributed by atoms with Gasteiger partial charge in [-0.1, -0.05) is 74.7 Å². The molecule has 0 unspecified atom stereocenters. The molecule has 0 aromatic heterocycles. The lowest BCUT2D eigenvalue weighted by Crippen LogP contribution is -1.69. The Morgan fingerprint density at radius 1 is 0.958 bits per heavy atom. The second-order valence-corrected chi connectivity index (χ2v) is 4.76. The first-order valence-electron chi connectivity index (χ1n) is 8.33. The van der Waals surface area contributed by atoms with E-state index in [1.165, 1.54) is 18.4 Å². The summed E-state index contributed by atoms with van der Waals surface area (Å²) < 4.78 is 11.2. The van der Waals surface area contributed by atoms with Gasteiger partial charge in [0.2, 0.25) is 0 Å². The Morgan fingerprint density at radius 2 is 1.33 bits per heavy atom. The van der Waals surface area contributed by atoms with E-state index in [4.69, 9.17) is 0 Å². The van der Waals surface area contributed by atoms with Crippen molar-refractivity contribution in [3.8, 4) is 0 Å². The van der Waals surface area contributed by atoms with Crippen LogP contribution in [0.4, 0.5) is 4.39 Å². The molecular weight excluding hydrogens is 295 g/mol. The molecular formula is C23H35F. The molecule has 1 rings (SSSR count). The third kappa shape index (κ3) is 32.0. The number of hydrogen-bond acceptors (Lipinski definition) is 0. The molecule has 0 atom stereocenters. The molecule has 0 aliphatic rings. The van der Waals surface area contributed by atoms with Crippen LogP contribution in [0, 0.1) is 0 Å². The SMILES string of the molecule is C=C(F)CC.C=CC.C=CCCCCC=C.C=Cc1ccccc1. The molecule has 0 fully saturated rings. The second-order valence-electron chi connectivity index (χ2n) is 4.76. The summed E-state index contributed by atoms with van der Waals surface area (Å²) in [4.78, 5) is 0. The highest BCUT2D eigenvalue weighted by atomic mass is 19.1. The number of rotatable bonds is 7. The van der Waals surface area contributed by atoms with Crippen LogP contribution in [0.25, 0.3) is 6.08 Å². The van der Waals surface area contributed by atoms with Crippen LogP contribution < -0.4 is 0 Å². The van der Waals surface area contributed by atoms with Crippen molar-refractivity contribution in [2.75, 3.05) is 0 Å². The fourth-order valence-electron chi connectivity index (χ4n) is 1.17. The van der Waals surface area contributed by atoms with Gasteiger partial charge in [0.25, 0.3) is 0 Å². The minimum absolute atomic E-state index is 0.245. The van der Waals surface area contributed by atoms with Crippen molar-refractivity contribution in [2.45, 2.75) is 46.0 Å². The third-order valence-electron chi connectivity index (χ3n) is 2.49. The molecule has 0 saturated heterocycles. The summed E-state index contributed by atoms with van der Waals surface area (Å²) in [5, 5.41) is 0. The summed E-state index contributed by atoms with van der Waals surface area (Å²) in [7, 11) is 0. The Hall–Kier alpha value is -2.15. The average Bonchev–Trinajstić information content (AvgIpc) is 2.61. The van der Waals surface area contributed by atoms with E-state index in [2.05, 4.69) is 32.9 Å². The molecule has 134 valence electrons. The van der Waals surface area contributed by atoms with Gasteiger partial charge in [-0.2, -0.15) is 0 Å². The molecule has 1 aromatic carbocycles. The standard InChI is InChI=1S/C8H8.C8H14.C4H7F.C3H6/c1-2-8-6-4-3-5-7-8;1-3-5-7-8-6-4-2;1-3-4(2)5;1-3-2/h2-7H,1H2;3-4H,1-2,5-8H2;2-3H2,1H3;3H,1H2,2H3. The maximum absolute atomic E-state index is 11.2. The van der Waals surface area contributed by atoms with Crippen LogP contribution in [0.15, 0.2) is 87.3 Å². The van der Waals surface area contributed by atoms with E-state index in [1.54, 1.807) is 13.0 Å². The van der Waals surface area contributed by atoms with Crippen LogP contribution >= 0.6 is 0 Å². The van der Waals surface area contributed by atoms with E-state index in [0.717, 1.165) is 12.8 Å². The number of hydrogen-bond donors (Lipinski definition) is 0. The van der Waals surface area contributed by atoms with Gasteiger partial charge in [-0.05, 0) is 44.6 Å². The van der Waals surface area contributed by atoms with Crippen LogP contribution in [0.1, 0.15) is 51.5 Å². The van der Waals surface area contributed by atoms with Gasteiger partial charge in [-0.3, -0.25) is 0 Å². The van der Waals surface area contributed by atoms with Crippen LogP contribution in [0.3, 0.4) is 0 Å². The maximum atomic E-state index is 11.2. The summed E-state index contributed by atoms with van der Waals surface area (Å²) >= 11 is 0. The normalized spacial score (nSPS) is 7.79. The van der Waals surface area contributed by atoms with Gasteiger partial charge >= 0.3 is 0 Å². The van der Waals surface area contributed by atoms with Crippen molar-refractivity contribution in [1.29, 1.82) is 0 Å². The first kappa shape index (κ1) is 26.7. The summed E-state index contributed by atoms with van der Waals surface area (Å²) in [6.45, 7) is 20.9. The van der Waals surface area contributed by atoms with Gasteiger partial charge in [0.05, 0.1) is 5.83 Å². The van der Waals surface area contributed by atoms with Crippen molar-refractivity contribution >= 4 is 6.08 Å².